The predicted molar refractivity (Wildman–Crippen MR) is 122 cm³/mol. The molecule has 1 fully saturated rings. The largest absolute Gasteiger partial charge is 0.340 e. The van der Waals surface area contributed by atoms with Crippen molar-refractivity contribution in [1.82, 2.24) is 15.0 Å². The topological polar surface area (TPSA) is 71.0 Å². The van der Waals surface area contributed by atoms with Crippen LogP contribution in [0.5, 0.6) is 0 Å². The lowest BCUT2D eigenvalue weighted by atomic mass is 9.97. The second-order valence-corrected chi connectivity index (χ2v) is 8.90. The van der Waals surface area contributed by atoms with Gasteiger partial charge in [-0.1, -0.05) is 37.6 Å². The lowest BCUT2D eigenvalue weighted by Crippen LogP contribution is -2.41. The Bertz CT molecular complexity index is 987. The Hall–Kier alpha value is -2.80. The van der Waals surface area contributed by atoms with Crippen molar-refractivity contribution in [2.75, 3.05) is 23.3 Å². The van der Waals surface area contributed by atoms with E-state index < -0.39 is 0 Å². The minimum atomic E-state index is -0.0939. The second kappa shape index (κ2) is 9.34. The summed E-state index contributed by atoms with van der Waals surface area (Å²) < 4.78 is 0. The molecule has 1 aliphatic heterocycles. The summed E-state index contributed by atoms with van der Waals surface area (Å²) in [5.41, 5.74) is 3.38. The van der Waals surface area contributed by atoms with Gasteiger partial charge in [0, 0.05) is 35.9 Å². The highest BCUT2D eigenvalue weighted by molar-refractivity contribution is 7.16. The molecule has 0 radical (unpaired) electrons. The van der Waals surface area contributed by atoms with Gasteiger partial charge >= 0.3 is 0 Å². The number of carbonyl (C=O) groups excluding carboxylic acids is 1. The highest BCUT2D eigenvalue weighted by Gasteiger charge is 2.27. The minimum Gasteiger partial charge on any atom is -0.340 e. The summed E-state index contributed by atoms with van der Waals surface area (Å²) in [6.07, 6.45) is 7.51. The fourth-order valence-corrected chi connectivity index (χ4v) is 4.71. The highest BCUT2D eigenvalue weighted by Crippen LogP contribution is 2.31. The number of amides is 1. The first-order valence-electron chi connectivity index (χ1n) is 10.5. The van der Waals surface area contributed by atoms with E-state index in [1.54, 1.807) is 18.5 Å². The van der Waals surface area contributed by atoms with Crippen molar-refractivity contribution in [3.8, 4) is 11.3 Å². The third kappa shape index (κ3) is 4.67. The smallest absolute Gasteiger partial charge is 0.231 e. The summed E-state index contributed by atoms with van der Waals surface area (Å²) in [7, 11) is 0. The third-order valence-electron chi connectivity index (χ3n) is 5.42. The van der Waals surface area contributed by atoms with Crippen LogP contribution in [0.25, 0.3) is 11.3 Å². The van der Waals surface area contributed by atoms with E-state index >= 15 is 0 Å². The van der Waals surface area contributed by atoms with Gasteiger partial charge in [-0.15, -0.1) is 11.3 Å². The average Bonchev–Trinajstić information content (AvgIpc) is 3.15. The molecule has 1 atom stereocenters. The number of piperidine rings is 1. The van der Waals surface area contributed by atoms with Gasteiger partial charge in [0.25, 0.3) is 0 Å². The van der Waals surface area contributed by atoms with Crippen LogP contribution < -0.4 is 10.2 Å². The molecule has 1 unspecified atom stereocenters. The average molecular weight is 422 g/mol. The zero-order chi connectivity index (χ0) is 20.9. The van der Waals surface area contributed by atoms with Gasteiger partial charge in [-0.25, -0.2) is 15.0 Å². The van der Waals surface area contributed by atoms with E-state index in [4.69, 9.17) is 4.98 Å². The van der Waals surface area contributed by atoms with Gasteiger partial charge in [-0.05, 0) is 37.8 Å². The highest BCUT2D eigenvalue weighted by atomic mass is 32.1. The maximum Gasteiger partial charge on any atom is 0.231 e. The number of benzene rings is 1. The number of nitrogens with zero attached hydrogens (tertiary/aromatic N) is 4. The molecule has 6 nitrogen and oxygen atoms in total. The van der Waals surface area contributed by atoms with Crippen molar-refractivity contribution in [1.29, 1.82) is 0 Å². The van der Waals surface area contributed by atoms with Crippen LogP contribution in [0.4, 0.5) is 11.1 Å². The zero-order valence-electron chi connectivity index (χ0n) is 17.5. The standard InChI is InChI=1S/C23H27N5OS/c1-3-6-17-8-10-18(11-9-17)20-16(2)30-23(26-20)27-21(29)19-7-4-14-28(15-19)22-24-12-5-13-25-22/h5,8-13,19H,3-4,6-7,14-15H2,1-2H3,(H,26,27,29). The van der Waals surface area contributed by atoms with Crippen LogP contribution in [-0.4, -0.2) is 33.9 Å². The maximum atomic E-state index is 12.9. The van der Waals surface area contributed by atoms with Crippen molar-refractivity contribution in [2.24, 2.45) is 5.92 Å². The lowest BCUT2D eigenvalue weighted by Gasteiger charge is -2.31. The Morgan fingerprint density at radius 1 is 1.23 bits per heavy atom. The van der Waals surface area contributed by atoms with Crippen LogP contribution in [0.15, 0.2) is 42.7 Å². The zero-order valence-corrected chi connectivity index (χ0v) is 18.3. The summed E-state index contributed by atoms with van der Waals surface area (Å²) in [6, 6.07) is 10.4. The summed E-state index contributed by atoms with van der Waals surface area (Å²) in [6.45, 7) is 5.75. The van der Waals surface area contributed by atoms with E-state index in [1.165, 1.54) is 16.9 Å². The van der Waals surface area contributed by atoms with Gasteiger partial charge in [0.1, 0.15) is 0 Å². The van der Waals surface area contributed by atoms with Gasteiger partial charge < -0.3 is 10.2 Å². The van der Waals surface area contributed by atoms with Crippen LogP contribution in [-0.2, 0) is 11.2 Å². The Morgan fingerprint density at radius 2 is 2.00 bits per heavy atom. The molecule has 3 aromatic rings. The number of nitrogens with one attached hydrogen (secondary N) is 1. The normalized spacial score (nSPS) is 16.5. The predicted octanol–water partition coefficient (Wildman–Crippen LogP) is 4.72. The number of aryl methyl sites for hydroxylation is 2. The fraction of sp³-hybridized carbons (Fsp3) is 0.391. The molecule has 1 N–H and O–H groups in total. The number of hydrogen-bond donors (Lipinski definition) is 1. The lowest BCUT2D eigenvalue weighted by molar-refractivity contribution is -0.120. The van der Waals surface area contributed by atoms with Crippen molar-refractivity contribution in [2.45, 2.75) is 39.5 Å². The van der Waals surface area contributed by atoms with Crippen molar-refractivity contribution >= 4 is 28.3 Å². The van der Waals surface area contributed by atoms with Gasteiger partial charge in [0.05, 0.1) is 11.6 Å². The monoisotopic (exact) mass is 421 g/mol. The molecule has 7 heteroatoms. The minimum absolute atomic E-state index is 0.0224. The number of rotatable bonds is 6. The molecule has 1 amide bonds. The molecule has 1 aromatic carbocycles. The number of anilines is 2. The summed E-state index contributed by atoms with van der Waals surface area (Å²) in [4.78, 5) is 29.5. The Kier molecular flexibility index (Phi) is 6.38. The molecule has 2 aromatic heterocycles. The molecule has 3 heterocycles. The van der Waals surface area contributed by atoms with Crippen LogP contribution >= 0.6 is 11.3 Å². The Labute approximate surface area is 181 Å². The molecule has 0 aliphatic carbocycles. The van der Waals surface area contributed by atoms with E-state index in [2.05, 4.69) is 58.3 Å². The fourth-order valence-electron chi connectivity index (χ4n) is 3.87. The Morgan fingerprint density at radius 3 is 2.73 bits per heavy atom. The van der Waals surface area contributed by atoms with Gasteiger partial charge in [-0.3, -0.25) is 4.79 Å². The summed E-state index contributed by atoms with van der Waals surface area (Å²) in [5, 5.41) is 3.71. The van der Waals surface area contributed by atoms with Crippen LogP contribution in [0, 0.1) is 12.8 Å². The van der Waals surface area contributed by atoms with E-state index in [0.717, 1.165) is 48.4 Å². The first-order valence-corrected chi connectivity index (χ1v) is 11.3. The van der Waals surface area contributed by atoms with E-state index in [0.29, 0.717) is 17.6 Å². The first kappa shape index (κ1) is 20.5. The van der Waals surface area contributed by atoms with Gasteiger partial charge in [0.15, 0.2) is 5.13 Å². The van der Waals surface area contributed by atoms with E-state index in [-0.39, 0.29) is 11.8 Å². The summed E-state index contributed by atoms with van der Waals surface area (Å²) >= 11 is 1.53. The first-order chi connectivity index (χ1) is 14.6. The third-order valence-corrected chi connectivity index (χ3v) is 6.31. The Balaban J connectivity index is 1.43. The maximum absolute atomic E-state index is 12.9. The number of carbonyl (C=O) groups is 1. The van der Waals surface area contributed by atoms with Crippen LogP contribution in [0.1, 0.15) is 36.6 Å². The summed E-state index contributed by atoms with van der Waals surface area (Å²) in [5.74, 6) is 0.617. The molecule has 1 aliphatic rings. The molecule has 30 heavy (non-hydrogen) atoms. The number of aromatic nitrogens is 3. The molecular weight excluding hydrogens is 394 g/mol. The molecular formula is C23H27N5OS. The van der Waals surface area contributed by atoms with Crippen LogP contribution in [0.2, 0.25) is 0 Å². The SMILES string of the molecule is CCCc1ccc(-c2nc(NC(=O)C3CCCN(c4ncccn4)C3)sc2C)cc1. The molecule has 0 bridgehead atoms. The molecule has 1 saturated heterocycles. The van der Waals surface area contributed by atoms with E-state index in [9.17, 15) is 4.79 Å². The molecule has 0 saturated carbocycles. The second-order valence-electron chi connectivity index (χ2n) is 7.69. The van der Waals surface area contributed by atoms with Crippen LogP contribution in [0.3, 0.4) is 0 Å². The quantitative estimate of drug-likeness (QED) is 0.624. The van der Waals surface area contributed by atoms with E-state index in [1.807, 2.05) is 0 Å². The van der Waals surface area contributed by atoms with Gasteiger partial charge in [0.2, 0.25) is 11.9 Å². The molecule has 0 spiro atoms. The number of hydrogen-bond acceptors (Lipinski definition) is 6. The van der Waals surface area contributed by atoms with Crippen molar-refractivity contribution < 1.29 is 4.79 Å². The van der Waals surface area contributed by atoms with Gasteiger partial charge in [-0.2, -0.15) is 0 Å². The molecule has 4 rings (SSSR count). The van der Waals surface area contributed by atoms with Crippen molar-refractivity contribution in [3.05, 3.63) is 53.2 Å². The molecule has 156 valence electrons. The number of thiazole rings is 1. The van der Waals surface area contributed by atoms with Crippen molar-refractivity contribution in [3.63, 3.8) is 0 Å².